The van der Waals surface area contributed by atoms with Gasteiger partial charge in [-0.25, -0.2) is 4.79 Å². The van der Waals surface area contributed by atoms with E-state index in [1.807, 2.05) is 12.1 Å². The summed E-state index contributed by atoms with van der Waals surface area (Å²) in [6.07, 6.45) is 0.126. The number of carbonyl (C=O) groups excluding carboxylic acids is 1. The summed E-state index contributed by atoms with van der Waals surface area (Å²) >= 11 is 0. The molecule has 7 heteroatoms. The van der Waals surface area contributed by atoms with Crippen LogP contribution in [0.15, 0.2) is 24.3 Å². The Hall–Kier alpha value is -2.44. The van der Waals surface area contributed by atoms with E-state index in [-0.39, 0.29) is 11.8 Å². The van der Waals surface area contributed by atoms with Crippen LogP contribution < -0.4 is 0 Å². The number of nitrogens with zero attached hydrogens (tertiary/aromatic N) is 4. The van der Waals surface area contributed by atoms with E-state index in [2.05, 4.69) is 10.3 Å². The summed E-state index contributed by atoms with van der Waals surface area (Å²) in [7, 11) is 0. The predicted molar refractivity (Wildman–Crippen MR) is 70.5 cm³/mol. The van der Waals surface area contributed by atoms with Gasteiger partial charge in [0.1, 0.15) is 5.52 Å². The second kappa shape index (κ2) is 4.92. The highest BCUT2D eigenvalue weighted by molar-refractivity contribution is 5.90. The van der Waals surface area contributed by atoms with Crippen molar-refractivity contribution >= 4 is 23.0 Å². The van der Waals surface area contributed by atoms with Crippen molar-refractivity contribution in [2.75, 3.05) is 13.1 Å². The number of fused-ring (bicyclic) bond motifs is 1. The van der Waals surface area contributed by atoms with E-state index in [1.54, 1.807) is 12.1 Å². The number of carbonyl (C=O) groups is 2. The summed E-state index contributed by atoms with van der Waals surface area (Å²) in [5, 5.41) is 16.8. The molecule has 1 fully saturated rings. The van der Waals surface area contributed by atoms with Crippen LogP contribution in [-0.4, -0.2) is 50.1 Å². The van der Waals surface area contributed by atoms with Crippen LogP contribution in [0.5, 0.6) is 0 Å². The Kier molecular flexibility index (Phi) is 3.09. The maximum atomic E-state index is 12.4. The van der Waals surface area contributed by atoms with Gasteiger partial charge in [-0.15, -0.1) is 5.10 Å². The first-order valence-electron chi connectivity index (χ1n) is 6.49. The Bertz CT molecular complexity index is 658. The van der Waals surface area contributed by atoms with Crippen molar-refractivity contribution in [2.24, 2.45) is 5.92 Å². The Morgan fingerprint density at radius 3 is 2.60 bits per heavy atom. The number of carboxylic acid groups (broad SMARTS) is 1. The molecule has 0 aliphatic carbocycles. The van der Waals surface area contributed by atoms with Crippen molar-refractivity contribution in [2.45, 2.75) is 12.8 Å². The van der Waals surface area contributed by atoms with Gasteiger partial charge in [-0.3, -0.25) is 4.79 Å². The smallest absolute Gasteiger partial charge is 0.407 e. The first-order valence-corrected chi connectivity index (χ1v) is 6.49. The summed E-state index contributed by atoms with van der Waals surface area (Å²) in [6.45, 7) is 0.775. The number of rotatable bonds is 1. The number of amides is 1. The standard InChI is InChI=1S/C13H14N4O3/c18-12(9-5-7-16(8-6-9)13(19)20)17-11-4-2-1-3-10(11)14-15-17/h1-4,9H,5-8H2,(H,19,20). The molecule has 0 radical (unpaired) electrons. The second-order valence-corrected chi connectivity index (χ2v) is 4.87. The Balaban J connectivity index is 1.78. The molecule has 104 valence electrons. The van der Waals surface area contributed by atoms with Crippen LogP contribution in [0.4, 0.5) is 4.79 Å². The SMILES string of the molecule is O=C(O)N1CCC(C(=O)n2nnc3ccccc32)CC1. The van der Waals surface area contributed by atoms with E-state index in [1.165, 1.54) is 9.58 Å². The van der Waals surface area contributed by atoms with Gasteiger partial charge < -0.3 is 10.0 Å². The highest BCUT2D eigenvalue weighted by atomic mass is 16.4. The van der Waals surface area contributed by atoms with Gasteiger partial charge in [0.25, 0.3) is 5.91 Å². The molecule has 1 aliphatic rings. The van der Waals surface area contributed by atoms with E-state index in [0.29, 0.717) is 37.0 Å². The summed E-state index contributed by atoms with van der Waals surface area (Å²) in [6, 6.07) is 7.29. The van der Waals surface area contributed by atoms with Crippen molar-refractivity contribution in [3.63, 3.8) is 0 Å². The zero-order chi connectivity index (χ0) is 14.1. The molecule has 20 heavy (non-hydrogen) atoms. The Morgan fingerprint density at radius 2 is 1.90 bits per heavy atom. The van der Waals surface area contributed by atoms with Crippen LogP contribution in [0.2, 0.25) is 0 Å². The fraction of sp³-hybridized carbons (Fsp3) is 0.385. The van der Waals surface area contributed by atoms with Gasteiger partial charge >= 0.3 is 6.09 Å². The molecule has 1 aromatic heterocycles. The predicted octanol–water partition coefficient (Wildman–Crippen LogP) is 1.46. The van der Waals surface area contributed by atoms with Crippen LogP contribution in [0.1, 0.15) is 17.6 Å². The fourth-order valence-corrected chi connectivity index (χ4v) is 2.52. The summed E-state index contributed by atoms with van der Waals surface area (Å²) in [5.41, 5.74) is 1.38. The van der Waals surface area contributed by atoms with E-state index in [9.17, 15) is 9.59 Å². The van der Waals surface area contributed by atoms with Gasteiger partial charge in [0, 0.05) is 19.0 Å². The molecule has 0 saturated carbocycles. The highest BCUT2D eigenvalue weighted by Gasteiger charge is 2.29. The summed E-state index contributed by atoms with van der Waals surface area (Å²) in [5.74, 6) is -0.306. The van der Waals surface area contributed by atoms with Gasteiger partial charge in [0.2, 0.25) is 0 Å². The summed E-state index contributed by atoms with van der Waals surface area (Å²) in [4.78, 5) is 24.6. The molecule has 0 atom stereocenters. The lowest BCUT2D eigenvalue weighted by Crippen LogP contribution is -2.40. The lowest BCUT2D eigenvalue weighted by atomic mass is 9.96. The maximum Gasteiger partial charge on any atom is 0.407 e. The molecule has 3 rings (SSSR count). The van der Waals surface area contributed by atoms with E-state index in [4.69, 9.17) is 5.11 Å². The third-order valence-corrected chi connectivity index (χ3v) is 3.68. The molecule has 0 spiro atoms. The lowest BCUT2D eigenvalue weighted by Gasteiger charge is -2.28. The summed E-state index contributed by atoms with van der Waals surface area (Å²) < 4.78 is 1.33. The van der Waals surface area contributed by atoms with Crippen molar-refractivity contribution < 1.29 is 14.7 Å². The quantitative estimate of drug-likeness (QED) is 0.850. The third kappa shape index (κ3) is 2.11. The molecule has 2 heterocycles. The third-order valence-electron chi connectivity index (χ3n) is 3.68. The zero-order valence-corrected chi connectivity index (χ0v) is 10.8. The van der Waals surface area contributed by atoms with Crippen molar-refractivity contribution in [1.29, 1.82) is 0 Å². The first kappa shape index (κ1) is 12.6. The number of aromatic nitrogens is 3. The number of benzene rings is 1. The topological polar surface area (TPSA) is 88.3 Å². The van der Waals surface area contributed by atoms with Gasteiger partial charge in [0.15, 0.2) is 0 Å². The fourth-order valence-electron chi connectivity index (χ4n) is 2.52. The van der Waals surface area contributed by atoms with Crippen LogP contribution in [0.3, 0.4) is 0 Å². The number of hydrogen-bond donors (Lipinski definition) is 1. The minimum absolute atomic E-state index is 0.108. The van der Waals surface area contributed by atoms with Crippen LogP contribution in [0, 0.1) is 5.92 Å². The lowest BCUT2D eigenvalue weighted by molar-refractivity contribution is 0.0726. The average Bonchev–Trinajstić information content (AvgIpc) is 2.90. The van der Waals surface area contributed by atoms with Crippen LogP contribution in [-0.2, 0) is 0 Å². The number of likely N-dealkylation sites (tertiary alicyclic amines) is 1. The van der Waals surface area contributed by atoms with Gasteiger partial charge in [-0.2, -0.15) is 4.68 Å². The van der Waals surface area contributed by atoms with Gasteiger partial charge in [0.05, 0.1) is 5.52 Å². The van der Waals surface area contributed by atoms with Gasteiger partial charge in [-0.1, -0.05) is 17.3 Å². The normalized spacial score (nSPS) is 16.5. The molecule has 1 N–H and O–H groups in total. The number of piperidine rings is 1. The van der Waals surface area contributed by atoms with E-state index < -0.39 is 6.09 Å². The first-order chi connectivity index (χ1) is 9.66. The molecule has 1 amide bonds. The van der Waals surface area contributed by atoms with Crippen LogP contribution in [0.25, 0.3) is 11.0 Å². The largest absolute Gasteiger partial charge is 0.465 e. The molecule has 0 bridgehead atoms. The molecule has 1 aliphatic heterocycles. The molecule has 1 saturated heterocycles. The second-order valence-electron chi connectivity index (χ2n) is 4.87. The monoisotopic (exact) mass is 274 g/mol. The van der Waals surface area contributed by atoms with Crippen molar-refractivity contribution in [3.05, 3.63) is 24.3 Å². The van der Waals surface area contributed by atoms with Crippen LogP contribution >= 0.6 is 0 Å². The maximum absolute atomic E-state index is 12.4. The molecule has 0 unspecified atom stereocenters. The minimum Gasteiger partial charge on any atom is -0.465 e. The van der Waals surface area contributed by atoms with Crippen molar-refractivity contribution in [1.82, 2.24) is 19.9 Å². The molecule has 2 aromatic rings. The molecular weight excluding hydrogens is 260 g/mol. The zero-order valence-electron chi connectivity index (χ0n) is 10.8. The number of para-hydroxylation sites is 1. The average molecular weight is 274 g/mol. The molecule has 7 nitrogen and oxygen atoms in total. The van der Waals surface area contributed by atoms with Gasteiger partial charge in [-0.05, 0) is 25.0 Å². The minimum atomic E-state index is -0.929. The van der Waals surface area contributed by atoms with E-state index in [0.717, 1.165) is 0 Å². The molecular formula is C13H14N4O3. The highest BCUT2D eigenvalue weighted by Crippen LogP contribution is 2.21. The number of hydrogen-bond acceptors (Lipinski definition) is 4. The molecule has 1 aromatic carbocycles. The Labute approximate surface area is 114 Å². The Morgan fingerprint density at radius 1 is 1.20 bits per heavy atom. The van der Waals surface area contributed by atoms with Crippen molar-refractivity contribution in [3.8, 4) is 0 Å². The van der Waals surface area contributed by atoms with E-state index >= 15 is 0 Å².